The molecule has 2 aromatic rings. The lowest BCUT2D eigenvalue weighted by Crippen LogP contribution is -2.44. The van der Waals surface area contributed by atoms with Crippen LogP contribution in [0.4, 0.5) is 5.95 Å². The van der Waals surface area contributed by atoms with Crippen LogP contribution in [0.5, 0.6) is 0 Å². The highest BCUT2D eigenvalue weighted by Crippen LogP contribution is 2.16. The van der Waals surface area contributed by atoms with Crippen molar-refractivity contribution in [3.63, 3.8) is 0 Å². The average molecular weight is 229 g/mol. The Morgan fingerprint density at radius 1 is 1.12 bits per heavy atom. The number of nitrogens with zero attached hydrogens (tertiary/aromatic N) is 3. The van der Waals surface area contributed by atoms with E-state index in [1.54, 1.807) is 0 Å². The number of anilines is 1. The summed E-state index contributed by atoms with van der Waals surface area (Å²) >= 11 is 0. The molecule has 17 heavy (non-hydrogen) atoms. The molecule has 1 saturated heterocycles. The van der Waals surface area contributed by atoms with E-state index in [4.69, 9.17) is 0 Å². The Morgan fingerprint density at radius 2 is 1.88 bits per heavy atom. The minimum absolute atomic E-state index is 0.821. The van der Waals surface area contributed by atoms with Gasteiger partial charge in [0.05, 0.1) is 0 Å². The third-order valence-corrected chi connectivity index (χ3v) is 2.95. The van der Waals surface area contributed by atoms with Gasteiger partial charge in [-0.1, -0.05) is 0 Å². The highest BCUT2D eigenvalue weighted by atomic mass is 15.3. The number of rotatable bonds is 2. The van der Waals surface area contributed by atoms with Crippen LogP contribution in [-0.2, 0) is 0 Å². The zero-order valence-corrected chi connectivity index (χ0v) is 9.56. The van der Waals surface area contributed by atoms with E-state index in [1.165, 1.54) is 0 Å². The van der Waals surface area contributed by atoms with Crippen molar-refractivity contribution in [2.24, 2.45) is 0 Å². The summed E-state index contributed by atoms with van der Waals surface area (Å²) in [5.74, 6) is 0.821. The molecule has 2 aromatic heterocycles. The molecule has 0 unspecified atom stereocenters. The second-order valence-electron chi connectivity index (χ2n) is 4.09. The SMILES string of the molecule is c1c[nH]c(-c2cnc(N3CCNCC3)nc2)c1. The number of H-pyrrole nitrogens is 1. The minimum Gasteiger partial charge on any atom is -0.361 e. The monoisotopic (exact) mass is 229 g/mol. The van der Waals surface area contributed by atoms with Gasteiger partial charge in [-0.2, -0.15) is 0 Å². The first kappa shape index (κ1) is 10.3. The highest BCUT2D eigenvalue weighted by Gasteiger charge is 2.12. The summed E-state index contributed by atoms with van der Waals surface area (Å²) in [6.07, 6.45) is 5.64. The van der Waals surface area contributed by atoms with Crippen LogP contribution in [0, 0.1) is 0 Å². The Morgan fingerprint density at radius 3 is 2.53 bits per heavy atom. The Kier molecular flexibility index (Phi) is 2.75. The predicted molar refractivity (Wildman–Crippen MR) is 66.9 cm³/mol. The second kappa shape index (κ2) is 4.55. The van der Waals surface area contributed by atoms with Gasteiger partial charge in [0.15, 0.2) is 0 Å². The Bertz CT molecular complexity index is 456. The molecular formula is C12H15N5. The lowest BCUT2D eigenvalue weighted by molar-refractivity contribution is 0.580. The molecule has 88 valence electrons. The first-order valence-electron chi connectivity index (χ1n) is 5.85. The maximum absolute atomic E-state index is 4.43. The number of hydrogen-bond acceptors (Lipinski definition) is 4. The fraction of sp³-hybridized carbons (Fsp3) is 0.333. The number of aromatic nitrogens is 3. The summed E-state index contributed by atoms with van der Waals surface area (Å²) in [6, 6.07) is 3.99. The molecule has 1 aliphatic heterocycles. The molecule has 0 atom stereocenters. The number of aromatic amines is 1. The van der Waals surface area contributed by atoms with Gasteiger partial charge in [-0.25, -0.2) is 9.97 Å². The molecule has 1 aliphatic rings. The third-order valence-electron chi connectivity index (χ3n) is 2.95. The molecule has 0 aromatic carbocycles. The van der Waals surface area contributed by atoms with Crippen molar-refractivity contribution in [1.29, 1.82) is 0 Å². The molecule has 5 nitrogen and oxygen atoms in total. The average Bonchev–Trinajstić information content (AvgIpc) is 2.94. The molecule has 2 N–H and O–H groups in total. The van der Waals surface area contributed by atoms with E-state index in [1.807, 2.05) is 30.7 Å². The van der Waals surface area contributed by atoms with E-state index < -0.39 is 0 Å². The summed E-state index contributed by atoms with van der Waals surface area (Å²) in [7, 11) is 0. The molecule has 0 aliphatic carbocycles. The molecular weight excluding hydrogens is 214 g/mol. The normalized spacial score (nSPS) is 16.1. The molecule has 0 amide bonds. The standard InChI is InChI=1S/C12H15N5/c1-2-11(14-3-1)10-8-15-12(16-9-10)17-6-4-13-5-7-17/h1-3,8-9,13-14H,4-7H2. The molecule has 0 spiro atoms. The van der Waals surface area contributed by atoms with Gasteiger partial charge in [0.25, 0.3) is 0 Å². The fourth-order valence-corrected chi connectivity index (χ4v) is 2.00. The quantitative estimate of drug-likeness (QED) is 0.802. The van der Waals surface area contributed by atoms with Crippen LogP contribution in [0.15, 0.2) is 30.7 Å². The van der Waals surface area contributed by atoms with Crippen molar-refractivity contribution in [1.82, 2.24) is 20.3 Å². The number of nitrogens with one attached hydrogen (secondary N) is 2. The zero-order chi connectivity index (χ0) is 11.5. The van der Waals surface area contributed by atoms with Crippen molar-refractivity contribution in [2.75, 3.05) is 31.1 Å². The summed E-state index contributed by atoms with van der Waals surface area (Å²) in [4.78, 5) is 14.2. The predicted octanol–water partition coefficient (Wildman–Crippen LogP) is 0.881. The van der Waals surface area contributed by atoms with Crippen molar-refractivity contribution in [3.8, 4) is 11.3 Å². The van der Waals surface area contributed by atoms with Gasteiger partial charge >= 0.3 is 0 Å². The van der Waals surface area contributed by atoms with E-state index in [9.17, 15) is 0 Å². The molecule has 0 saturated carbocycles. The highest BCUT2D eigenvalue weighted by molar-refractivity contribution is 5.57. The molecule has 0 bridgehead atoms. The van der Waals surface area contributed by atoms with Crippen molar-refractivity contribution >= 4 is 5.95 Å². The first-order chi connectivity index (χ1) is 8.43. The fourth-order valence-electron chi connectivity index (χ4n) is 2.00. The van der Waals surface area contributed by atoms with Gasteiger partial charge in [0.2, 0.25) is 5.95 Å². The molecule has 3 rings (SSSR count). The lowest BCUT2D eigenvalue weighted by atomic mass is 10.2. The molecule has 0 radical (unpaired) electrons. The summed E-state index contributed by atoms with van der Waals surface area (Å²) in [6.45, 7) is 3.95. The van der Waals surface area contributed by atoms with Crippen molar-refractivity contribution < 1.29 is 0 Å². The van der Waals surface area contributed by atoms with Crippen LogP contribution in [0.25, 0.3) is 11.3 Å². The summed E-state index contributed by atoms with van der Waals surface area (Å²) < 4.78 is 0. The van der Waals surface area contributed by atoms with Gasteiger partial charge in [0, 0.05) is 56.0 Å². The van der Waals surface area contributed by atoms with Crippen LogP contribution in [-0.4, -0.2) is 41.1 Å². The van der Waals surface area contributed by atoms with Gasteiger partial charge in [-0.15, -0.1) is 0 Å². The van der Waals surface area contributed by atoms with Gasteiger partial charge in [-0.3, -0.25) is 0 Å². The second-order valence-corrected chi connectivity index (χ2v) is 4.09. The van der Waals surface area contributed by atoms with Crippen LogP contribution >= 0.6 is 0 Å². The molecule has 5 heteroatoms. The van der Waals surface area contributed by atoms with Crippen molar-refractivity contribution in [2.45, 2.75) is 0 Å². The first-order valence-corrected chi connectivity index (χ1v) is 5.85. The maximum Gasteiger partial charge on any atom is 0.225 e. The van der Waals surface area contributed by atoms with Gasteiger partial charge in [0.1, 0.15) is 0 Å². The largest absolute Gasteiger partial charge is 0.361 e. The third kappa shape index (κ3) is 2.14. The summed E-state index contributed by atoms with van der Waals surface area (Å²) in [5.41, 5.74) is 2.07. The molecule has 1 fully saturated rings. The summed E-state index contributed by atoms with van der Waals surface area (Å²) in [5, 5.41) is 3.32. The Labute approximate surface area is 99.9 Å². The topological polar surface area (TPSA) is 56.8 Å². The van der Waals surface area contributed by atoms with E-state index in [0.29, 0.717) is 0 Å². The van der Waals surface area contributed by atoms with E-state index in [-0.39, 0.29) is 0 Å². The van der Waals surface area contributed by atoms with E-state index in [2.05, 4.69) is 25.2 Å². The smallest absolute Gasteiger partial charge is 0.225 e. The van der Waals surface area contributed by atoms with Gasteiger partial charge < -0.3 is 15.2 Å². The van der Waals surface area contributed by atoms with Crippen LogP contribution < -0.4 is 10.2 Å². The lowest BCUT2D eigenvalue weighted by Gasteiger charge is -2.27. The minimum atomic E-state index is 0.821. The zero-order valence-electron chi connectivity index (χ0n) is 9.56. The van der Waals surface area contributed by atoms with Gasteiger partial charge in [-0.05, 0) is 12.1 Å². The Hall–Kier alpha value is -1.88. The van der Waals surface area contributed by atoms with Crippen LogP contribution in [0.1, 0.15) is 0 Å². The van der Waals surface area contributed by atoms with E-state index >= 15 is 0 Å². The number of hydrogen-bond donors (Lipinski definition) is 2. The van der Waals surface area contributed by atoms with Crippen LogP contribution in [0.3, 0.4) is 0 Å². The van der Waals surface area contributed by atoms with E-state index in [0.717, 1.165) is 43.4 Å². The van der Waals surface area contributed by atoms with Crippen molar-refractivity contribution in [3.05, 3.63) is 30.7 Å². The Balaban J connectivity index is 1.80. The number of piperazine rings is 1. The maximum atomic E-state index is 4.43. The van der Waals surface area contributed by atoms with Crippen LogP contribution in [0.2, 0.25) is 0 Å². The molecule has 3 heterocycles.